The Labute approximate surface area is 48.2 Å². The van der Waals surface area contributed by atoms with E-state index in [4.69, 9.17) is 0 Å². The quantitative estimate of drug-likeness (QED) is 0.395. The Hall–Kier alpha value is -0.440. The molecule has 0 bridgehead atoms. The Bertz CT molecular complexity index is 90.4. The van der Waals surface area contributed by atoms with Gasteiger partial charge >= 0.3 is 0 Å². The molecule has 0 atom stereocenters. The van der Waals surface area contributed by atoms with Crippen molar-refractivity contribution in [3.63, 3.8) is 0 Å². The summed E-state index contributed by atoms with van der Waals surface area (Å²) in [5.74, 6) is 0. The number of rotatable bonds is 2. The van der Waals surface area contributed by atoms with Gasteiger partial charge in [0.15, 0.2) is 0 Å². The summed E-state index contributed by atoms with van der Waals surface area (Å²) >= 11 is 0. The fourth-order valence-electron chi connectivity index (χ4n) is 0.0726. The minimum absolute atomic E-state index is 0.375. The number of aldehydes is 1. The van der Waals surface area contributed by atoms with Crippen LogP contribution in [0, 0.1) is 0 Å². The molecule has 0 aliphatic carbocycles. The fraction of sp³-hybridized carbons (Fsp3) is 0.800. The van der Waals surface area contributed by atoms with Gasteiger partial charge in [-0.25, -0.2) is 0 Å². The third kappa shape index (κ3) is 1.58. The summed E-state index contributed by atoms with van der Waals surface area (Å²) in [5.41, 5.74) is -0.972. The van der Waals surface area contributed by atoms with Gasteiger partial charge in [-0.1, -0.05) is 0 Å². The number of likely N-dealkylation sites (N-methyl/N-ethyl adjacent to an activating group) is 1. The lowest BCUT2D eigenvalue weighted by Gasteiger charge is -2.20. The van der Waals surface area contributed by atoms with Crippen molar-refractivity contribution in [1.29, 1.82) is 0 Å². The first kappa shape index (κ1) is 7.56. The van der Waals surface area contributed by atoms with Crippen molar-refractivity contribution in [3.8, 4) is 0 Å². The maximum Gasteiger partial charge on any atom is 0.142 e. The van der Waals surface area contributed by atoms with Crippen LogP contribution in [-0.2, 0) is 4.79 Å². The van der Waals surface area contributed by atoms with Crippen LogP contribution in [-0.4, -0.2) is 24.0 Å². The zero-order chi connectivity index (χ0) is 6.78. The molecule has 0 aromatic rings. The van der Waals surface area contributed by atoms with Crippen LogP contribution in [0.25, 0.3) is 0 Å². The minimum Gasteiger partial charge on any atom is -0.301 e. The maximum atomic E-state index is 12.1. The van der Waals surface area contributed by atoms with Gasteiger partial charge in [0, 0.05) is 7.05 Å². The van der Waals surface area contributed by atoms with Crippen molar-refractivity contribution in [2.45, 2.75) is 19.4 Å². The fourth-order valence-corrected chi connectivity index (χ4v) is 0.0726. The van der Waals surface area contributed by atoms with Gasteiger partial charge in [0.05, 0.1) is 0 Å². The van der Waals surface area contributed by atoms with Crippen molar-refractivity contribution in [1.82, 2.24) is 5.12 Å². The Balaban J connectivity index is 3.90. The van der Waals surface area contributed by atoms with E-state index in [1.54, 1.807) is 0 Å². The molecule has 0 amide bonds. The highest BCUT2D eigenvalue weighted by Crippen LogP contribution is 2.07. The summed E-state index contributed by atoms with van der Waals surface area (Å²) in [6.45, 7) is 3.00. The van der Waals surface area contributed by atoms with Gasteiger partial charge in [-0.2, -0.15) is 0 Å². The summed E-state index contributed by atoms with van der Waals surface area (Å²) in [7, 11) is 1.22. The smallest absolute Gasteiger partial charge is 0.142 e. The van der Waals surface area contributed by atoms with E-state index in [-0.39, 0.29) is 0 Å². The van der Waals surface area contributed by atoms with Gasteiger partial charge in [-0.05, 0) is 13.8 Å². The molecular formula is C5H10FNO. The van der Waals surface area contributed by atoms with Crippen molar-refractivity contribution in [3.05, 3.63) is 0 Å². The summed E-state index contributed by atoms with van der Waals surface area (Å²) in [4.78, 5) is 9.99. The Morgan fingerprint density at radius 1 is 1.62 bits per heavy atom. The third-order valence-electron chi connectivity index (χ3n) is 1.08. The maximum absolute atomic E-state index is 12.1. The number of hydrogen-bond acceptors (Lipinski definition) is 2. The highest BCUT2D eigenvalue weighted by molar-refractivity contribution is 5.62. The molecule has 0 rings (SSSR count). The standard InChI is InChI=1S/C5H10FNO/c1-5(2,4-8)7(3)6/h4H,1-3H3. The molecular weight excluding hydrogens is 109 g/mol. The van der Waals surface area contributed by atoms with Crippen LogP contribution in [0.2, 0.25) is 0 Å². The average molecular weight is 119 g/mol. The minimum atomic E-state index is -0.972. The van der Waals surface area contributed by atoms with Gasteiger partial charge in [0.2, 0.25) is 0 Å². The molecule has 0 aromatic heterocycles. The van der Waals surface area contributed by atoms with E-state index in [1.807, 2.05) is 0 Å². The van der Waals surface area contributed by atoms with Crippen LogP contribution in [0.1, 0.15) is 13.8 Å². The zero-order valence-corrected chi connectivity index (χ0v) is 5.31. The van der Waals surface area contributed by atoms with Crippen molar-refractivity contribution < 1.29 is 9.28 Å². The molecule has 0 fully saturated rings. The molecule has 0 aromatic carbocycles. The first-order valence-electron chi connectivity index (χ1n) is 2.36. The molecule has 0 saturated heterocycles. The van der Waals surface area contributed by atoms with E-state index >= 15 is 0 Å². The molecule has 0 radical (unpaired) electrons. The lowest BCUT2D eigenvalue weighted by molar-refractivity contribution is -0.126. The van der Waals surface area contributed by atoms with Gasteiger partial charge < -0.3 is 4.79 Å². The second-order valence-electron chi connectivity index (χ2n) is 2.25. The molecule has 48 valence electrons. The highest BCUT2D eigenvalue weighted by atomic mass is 19.2. The molecule has 0 unspecified atom stereocenters. The average Bonchev–Trinajstić information content (AvgIpc) is 1.67. The number of hydrogen-bond donors (Lipinski definition) is 0. The predicted molar refractivity (Wildman–Crippen MR) is 29.0 cm³/mol. The molecule has 0 N–H and O–H groups in total. The van der Waals surface area contributed by atoms with Gasteiger partial charge in [0.25, 0.3) is 0 Å². The van der Waals surface area contributed by atoms with Crippen LogP contribution in [0.4, 0.5) is 4.48 Å². The van der Waals surface area contributed by atoms with Crippen LogP contribution in [0.15, 0.2) is 0 Å². The molecule has 2 nitrogen and oxygen atoms in total. The molecule has 0 spiro atoms. The second-order valence-corrected chi connectivity index (χ2v) is 2.25. The van der Waals surface area contributed by atoms with E-state index in [9.17, 15) is 9.28 Å². The molecule has 0 heterocycles. The van der Waals surface area contributed by atoms with E-state index in [0.717, 1.165) is 0 Å². The first-order chi connectivity index (χ1) is 3.50. The van der Waals surface area contributed by atoms with Gasteiger partial charge in [-0.3, -0.25) is 0 Å². The topological polar surface area (TPSA) is 20.3 Å². The molecule has 0 saturated carbocycles. The normalized spacial score (nSPS) is 12.1. The predicted octanol–water partition coefficient (Wildman–Crippen LogP) is 0.780. The third-order valence-corrected chi connectivity index (χ3v) is 1.08. The molecule has 0 aliphatic heterocycles. The van der Waals surface area contributed by atoms with Crippen molar-refractivity contribution in [2.75, 3.05) is 7.05 Å². The lowest BCUT2D eigenvalue weighted by Crippen LogP contribution is -2.36. The van der Waals surface area contributed by atoms with E-state index in [0.29, 0.717) is 11.4 Å². The number of nitrogens with zero attached hydrogens (tertiary/aromatic N) is 1. The Kier molecular flexibility index (Phi) is 2.10. The number of halogens is 1. The molecule has 0 aliphatic rings. The molecule has 8 heavy (non-hydrogen) atoms. The van der Waals surface area contributed by atoms with Crippen LogP contribution >= 0.6 is 0 Å². The highest BCUT2D eigenvalue weighted by Gasteiger charge is 2.21. The summed E-state index contributed by atoms with van der Waals surface area (Å²) < 4.78 is 12.1. The van der Waals surface area contributed by atoms with Gasteiger partial charge in [0.1, 0.15) is 11.8 Å². The van der Waals surface area contributed by atoms with Crippen molar-refractivity contribution in [2.24, 2.45) is 0 Å². The van der Waals surface area contributed by atoms with Gasteiger partial charge in [-0.15, -0.1) is 9.60 Å². The SMILES string of the molecule is CN(F)C(C)(C)C=O. The van der Waals surface area contributed by atoms with Crippen LogP contribution in [0.5, 0.6) is 0 Å². The largest absolute Gasteiger partial charge is 0.301 e. The monoisotopic (exact) mass is 119 g/mol. The van der Waals surface area contributed by atoms with E-state index < -0.39 is 5.54 Å². The first-order valence-corrected chi connectivity index (χ1v) is 2.36. The second kappa shape index (κ2) is 2.22. The van der Waals surface area contributed by atoms with E-state index in [2.05, 4.69) is 0 Å². The summed E-state index contributed by atoms with van der Waals surface area (Å²) in [5, 5.41) is 0.375. The Morgan fingerprint density at radius 2 is 2.00 bits per heavy atom. The number of carbonyl (C=O) groups is 1. The molecule has 3 heteroatoms. The summed E-state index contributed by atoms with van der Waals surface area (Å²) in [6, 6.07) is 0. The summed E-state index contributed by atoms with van der Waals surface area (Å²) in [6.07, 6.45) is 0.562. The van der Waals surface area contributed by atoms with E-state index in [1.165, 1.54) is 20.9 Å². The lowest BCUT2D eigenvalue weighted by atomic mass is 10.1. The van der Waals surface area contributed by atoms with Crippen LogP contribution < -0.4 is 0 Å². The number of carbonyl (C=O) groups excluding carboxylic acids is 1. The zero-order valence-electron chi connectivity index (χ0n) is 5.31. The van der Waals surface area contributed by atoms with Crippen molar-refractivity contribution >= 4 is 6.29 Å². The van der Waals surface area contributed by atoms with Crippen LogP contribution in [0.3, 0.4) is 0 Å². The Morgan fingerprint density at radius 3 is 2.00 bits per heavy atom.